The Kier molecular flexibility index (Phi) is 4.81. The van der Waals surface area contributed by atoms with Gasteiger partial charge in [-0.15, -0.1) is 0 Å². The van der Waals surface area contributed by atoms with Crippen molar-refractivity contribution in [3.8, 4) is 11.5 Å². The van der Waals surface area contributed by atoms with E-state index < -0.39 is 0 Å². The van der Waals surface area contributed by atoms with Gasteiger partial charge in [-0.1, -0.05) is 0 Å². The first-order valence-corrected chi connectivity index (χ1v) is 6.58. The molecule has 1 heterocycles. The van der Waals surface area contributed by atoms with E-state index in [1.807, 2.05) is 43.3 Å². The largest absolute Gasteiger partial charge is 0.497 e. The molecule has 2 aromatic rings. The molecule has 0 aliphatic carbocycles. The van der Waals surface area contributed by atoms with E-state index >= 15 is 0 Å². The third-order valence-electron chi connectivity index (χ3n) is 3.07. The lowest BCUT2D eigenvalue weighted by molar-refractivity contribution is 0.391. The Balaban J connectivity index is 2.11. The van der Waals surface area contributed by atoms with Gasteiger partial charge in [0.15, 0.2) is 0 Å². The Morgan fingerprint density at radius 1 is 1.10 bits per heavy atom. The average Bonchev–Trinajstić information content (AvgIpc) is 2.53. The number of nitrogens with one attached hydrogen (secondary N) is 1. The van der Waals surface area contributed by atoms with Gasteiger partial charge in [0.25, 0.3) is 0 Å². The second-order valence-corrected chi connectivity index (χ2v) is 4.69. The molecule has 0 aliphatic heterocycles. The first kappa shape index (κ1) is 14.9. The van der Waals surface area contributed by atoms with Crippen molar-refractivity contribution >= 4 is 11.6 Å². The molecule has 112 valence electrons. The summed E-state index contributed by atoms with van der Waals surface area (Å²) in [6, 6.07) is 7.64. The van der Waals surface area contributed by atoms with Gasteiger partial charge in [-0.05, 0) is 12.1 Å². The zero-order valence-corrected chi connectivity index (χ0v) is 12.8. The molecule has 0 bridgehead atoms. The van der Waals surface area contributed by atoms with Gasteiger partial charge < -0.3 is 19.7 Å². The standard InChI is InChI=1S/C15H20N4O2/c1-19(2)15-8-14(17-10-18-15)16-9-11-5-6-12(20-3)7-13(11)21-4/h5-8,10H,9H2,1-4H3,(H,16,17,18). The van der Waals surface area contributed by atoms with Crippen molar-refractivity contribution < 1.29 is 9.47 Å². The zero-order chi connectivity index (χ0) is 15.2. The molecule has 0 amide bonds. The highest BCUT2D eigenvalue weighted by molar-refractivity contribution is 5.49. The quantitative estimate of drug-likeness (QED) is 0.879. The number of methoxy groups -OCH3 is 2. The first-order chi connectivity index (χ1) is 10.1. The molecule has 0 fully saturated rings. The number of benzene rings is 1. The molecule has 0 saturated heterocycles. The molecule has 0 radical (unpaired) electrons. The van der Waals surface area contributed by atoms with Crippen LogP contribution < -0.4 is 19.7 Å². The molecular weight excluding hydrogens is 268 g/mol. The molecule has 6 nitrogen and oxygen atoms in total. The Morgan fingerprint density at radius 3 is 2.57 bits per heavy atom. The molecule has 0 aliphatic rings. The number of nitrogens with zero attached hydrogens (tertiary/aromatic N) is 3. The molecule has 1 N–H and O–H groups in total. The molecule has 1 aromatic carbocycles. The van der Waals surface area contributed by atoms with Crippen LogP contribution in [0.4, 0.5) is 11.6 Å². The van der Waals surface area contributed by atoms with Crippen LogP contribution in [0.5, 0.6) is 11.5 Å². The summed E-state index contributed by atoms with van der Waals surface area (Å²) >= 11 is 0. The van der Waals surface area contributed by atoms with Crippen molar-refractivity contribution in [2.75, 3.05) is 38.5 Å². The SMILES string of the molecule is COc1ccc(CNc2cc(N(C)C)ncn2)c(OC)c1. The maximum Gasteiger partial charge on any atom is 0.133 e. The summed E-state index contributed by atoms with van der Waals surface area (Å²) in [6.07, 6.45) is 1.54. The summed E-state index contributed by atoms with van der Waals surface area (Å²) in [7, 11) is 7.17. The van der Waals surface area contributed by atoms with Crippen molar-refractivity contribution in [1.82, 2.24) is 9.97 Å². The molecule has 1 aromatic heterocycles. The molecule has 21 heavy (non-hydrogen) atoms. The molecule has 0 spiro atoms. The minimum atomic E-state index is 0.608. The Hall–Kier alpha value is -2.50. The number of anilines is 2. The van der Waals surface area contributed by atoms with Crippen LogP contribution in [0.1, 0.15) is 5.56 Å². The summed E-state index contributed by atoms with van der Waals surface area (Å²) in [5, 5.41) is 3.27. The van der Waals surface area contributed by atoms with Crippen molar-refractivity contribution in [2.45, 2.75) is 6.54 Å². The normalized spacial score (nSPS) is 10.1. The van der Waals surface area contributed by atoms with Gasteiger partial charge in [-0.2, -0.15) is 0 Å². The van der Waals surface area contributed by atoms with Gasteiger partial charge in [0, 0.05) is 38.3 Å². The van der Waals surface area contributed by atoms with Crippen molar-refractivity contribution in [3.05, 3.63) is 36.2 Å². The lowest BCUT2D eigenvalue weighted by Crippen LogP contribution is -2.12. The highest BCUT2D eigenvalue weighted by atomic mass is 16.5. The molecule has 2 rings (SSSR count). The number of ether oxygens (including phenoxy) is 2. The van der Waals surface area contributed by atoms with Crippen molar-refractivity contribution in [3.63, 3.8) is 0 Å². The summed E-state index contributed by atoms with van der Waals surface area (Å²) < 4.78 is 10.6. The second-order valence-electron chi connectivity index (χ2n) is 4.69. The lowest BCUT2D eigenvalue weighted by atomic mass is 10.2. The van der Waals surface area contributed by atoms with Crippen LogP contribution in [0.15, 0.2) is 30.6 Å². The third-order valence-corrected chi connectivity index (χ3v) is 3.07. The minimum absolute atomic E-state index is 0.608. The topological polar surface area (TPSA) is 59.5 Å². The summed E-state index contributed by atoms with van der Waals surface area (Å²) in [6.45, 7) is 0.608. The smallest absolute Gasteiger partial charge is 0.133 e. The van der Waals surface area contributed by atoms with Gasteiger partial charge in [0.2, 0.25) is 0 Å². The maximum atomic E-state index is 5.38. The highest BCUT2D eigenvalue weighted by Crippen LogP contribution is 2.25. The minimum Gasteiger partial charge on any atom is -0.497 e. The van der Waals surface area contributed by atoms with Gasteiger partial charge >= 0.3 is 0 Å². The van der Waals surface area contributed by atoms with Crippen LogP contribution in [0, 0.1) is 0 Å². The Morgan fingerprint density at radius 2 is 1.90 bits per heavy atom. The molecule has 0 atom stereocenters. The van der Waals surface area contributed by atoms with Gasteiger partial charge in [-0.25, -0.2) is 9.97 Å². The second kappa shape index (κ2) is 6.78. The van der Waals surface area contributed by atoms with Crippen LogP contribution in [0.2, 0.25) is 0 Å². The van der Waals surface area contributed by atoms with Gasteiger partial charge in [-0.3, -0.25) is 0 Å². The maximum absolute atomic E-state index is 5.38. The van der Waals surface area contributed by atoms with E-state index in [1.54, 1.807) is 20.5 Å². The van der Waals surface area contributed by atoms with E-state index in [0.717, 1.165) is 28.7 Å². The van der Waals surface area contributed by atoms with Gasteiger partial charge in [0.05, 0.1) is 14.2 Å². The lowest BCUT2D eigenvalue weighted by Gasteiger charge is -2.14. The van der Waals surface area contributed by atoms with E-state index in [9.17, 15) is 0 Å². The number of hydrogen-bond acceptors (Lipinski definition) is 6. The first-order valence-electron chi connectivity index (χ1n) is 6.58. The Bertz CT molecular complexity index is 602. The fourth-order valence-corrected chi connectivity index (χ4v) is 1.87. The highest BCUT2D eigenvalue weighted by Gasteiger charge is 2.06. The Labute approximate surface area is 124 Å². The molecule has 0 saturated carbocycles. The van der Waals surface area contributed by atoms with Crippen LogP contribution in [-0.4, -0.2) is 38.3 Å². The molecule has 0 unspecified atom stereocenters. The number of aromatic nitrogens is 2. The predicted octanol–water partition coefficient (Wildman–Crippen LogP) is 2.17. The van der Waals surface area contributed by atoms with Crippen molar-refractivity contribution in [1.29, 1.82) is 0 Å². The van der Waals surface area contributed by atoms with Crippen LogP contribution >= 0.6 is 0 Å². The summed E-state index contributed by atoms with van der Waals surface area (Å²) in [5.41, 5.74) is 1.03. The van der Waals surface area contributed by atoms with E-state index in [1.165, 1.54) is 0 Å². The zero-order valence-electron chi connectivity index (χ0n) is 12.8. The van der Waals surface area contributed by atoms with Crippen LogP contribution in [0.3, 0.4) is 0 Å². The van der Waals surface area contributed by atoms with E-state index in [4.69, 9.17) is 9.47 Å². The number of hydrogen-bond donors (Lipinski definition) is 1. The van der Waals surface area contributed by atoms with Gasteiger partial charge in [0.1, 0.15) is 29.5 Å². The number of rotatable bonds is 6. The third kappa shape index (κ3) is 3.75. The van der Waals surface area contributed by atoms with E-state index in [-0.39, 0.29) is 0 Å². The average molecular weight is 288 g/mol. The van der Waals surface area contributed by atoms with Crippen LogP contribution in [0.25, 0.3) is 0 Å². The van der Waals surface area contributed by atoms with E-state index in [2.05, 4.69) is 15.3 Å². The predicted molar refractivity (Wildman–Crippen MR) is 83.2 cm³/mol. The monoisotopic (exact) mass is 288 g/mol. The van der Waals surface area contributed by atoms with Crippen molar-refractivity contribution in [2.24, 2.45) is 0 Å². The summed E-state index contributed by atoms with van der Waals surface area (Å²) in [5.74, 6) is 3.18. The van der Waals surface area contributed by atoms with Crippen LogP contribution in [-0.2, 0) is 6.54 Å². The summed E-state index contributed by atoms with van der Waals surface area (Å²) in [4.78, 5) is 10.3. The molecular formula is C15H20N4O2. The fourth-order valence-electron chi connectivity index (χ4n) is 1.87. The molecule has 6 heteroatoms. The van der Waals surface area contributed by atoms with E-state index in [0.29, 0.717) is 6.54 Å². The fraction of sp³-hybridized carbons (Fsp3) is 0.333.